The first-order valence-electron chi connectivity index (χ1n) is 11.1. The Labute approximate surface area is 222 Å². The molecule has 4 amide bonds. The van der Waals surface area contributed by atoms with E-state index in [1.807, 2.05) is 0 Å². The lowest BCUT2D eigenvalue weighted by atomic mass is 10.0. The zero-order valence-electron chi connectivity index (χ0n) is 19.4. The minimum absolute atomic E-state index is 0.0502. The van der Waals surface area contributed by atoms with Crippen LogP contribution in [0.25, 0.3) is 6.08 Å². The van der Waals surface area contributed by atoms with Gasteiger partial charge in [0.05, 0.1) is 30.5 Å². The van der Waals surface area contributed by atoms with Crippen LogP contribution < -0.4 is 15.0 Å². The number of halogens is 1. The SMILES string of the molecule is COc1ccc(/C=C2/C(=O)NC(=S)N(c3cccc(Cl)c3)C2=O)cc1CN1C(=O)c2ccccc2C1=O. The Kier molecular flexibility index (Phi) is 6.32. The van der Waals surface area contributed by atoms with Gasteiger partial charge in [0.15, 0.2) is 5.11 Å². The predicted octanol–water partition coefficient (Wildman–Crippen LogP) is 3.98. The highest BCUT2D eigenvalue weighted by molar-refractivity contribution is 7.80. The molecular formula is C27H18ClN3O5S. The van der Waals surface area contributed by atoms with E-state index < -0.39 is 23.6 Å². The molecule has 184 valence electrons. The molecule has 5 rings (SSSR count). The number of nitrogens with one attached hydrogen (secondary N) is 1. The van der Waals surface area contributed by atoms with Crippen LogP contribution in [0, 0.1) is 0 Å². The fourth-order valence-electron chi connectivity index (χ4n) is 4.24. The summed E-state index contributed by atoms with van der Waals surface area (Å²) in [4.78, 5) is 54.0. The van der Waals surface area contributed by atoms with E-state index in [1.54, 1.807) is 66.7 Å². The van der Waals surface area contributed by atoms with Crippen LogP contribution in [0.15, 0.2) is 72.3 Å². The first-order chi connectivity index (χ1) is 17.8. The van der Waals surface area contributed by atoms with Gasteiger partial charge in [0.1, 0.15) is 11.3 Å². The number of carbonyl (C=O) groups is 4. The Morgan fingerprint density at radius 2 is 1.62 bits per heavy atom. The maximum atomic E-state index is 13.3. The molecule has 3 aromatic rings. The summed E-state index contributed by atoms with van der Waals surface area (Å²) in [5.41, 5.74) is 1.96. The molecule has 0 bridgehead atoms. The van der Waals surface area contributed by atoms with Gasteiger partial charge in [0.2, 0.25) is 0 Å². The van der Waals surface area contributed by atoms with Gasteiger partial charge in [-0.15, -0.1) is 0 Å². The lowest BCUT2D eigenvalue weighted by Gasteiger charge is -2.29. The third-order valence-electron chi connectivity index (χ3n) is 5.99. The van der Waals surface area contributed by atoms with Crippen molar-refractivity contribution in [3.8, 4) is 5.75 Å². The number of amides is 4. The van der Waals surface area contributed by atoms with Crippen molar-refractivity contribution in [3.05, 3.63) is 99.6 Å². The van der Waals surface area contributed by atoms with Gasteiger partial charge in [-0.1, -0.05) is 35.9 Å². The standard InChI is InChI=1S/C27H18ClN3O5S/c1-36-22-10-9-15(11-16(22)14-30-24(33)19-7-2-3-8-20(19)25(30)34)12-21-23(32)29-27(37)31(26(21)35)18-6-4-5-17(28)13-18/h2-13H,14H2,1H3,(H,29,32,37)/b21-12-. The molecular weight excluding hydrogens is 514 g/mol. The Balaban J connectivity index is 1.48. The second kappa shape index (κ2) is 9.61. The molecule has 0 aromatic heterocycles. The van der Waals surface area contributed by atoms with E-state index in [0.29, 0.717) is 38.7 Å². The maximum Gasteiger partial charge on any atom is 0.270 e. The molecule has 10 heteroatoms. The van der Waals surface area contributed by atoms with Crippen molar-refractivity contribution in [1.29, 1.82) is 0 Å². The van der Waals surface area contributed by atoms with Gasteiger partial charge in [-0.25, -0.2) is 0 Å². The molecule has 0 saturated carbocycles. The van der Waals surface area contributed by atoms with Crippen LogP contribution in [0.2, 0.25) is 5.02 Å². The molecule has 1 fully saturated rings. The molecule has 0 unspecified atom stereocenters. The van der Waals surface area contributed by atoms with Crippen LogP contribution in [0.4, 0.5) is 5.69 Å². The number of rotatable bonds is 5. The monoisotopic (exact) mass is 531 g/mol. The molecule has 3 aromatic carbocycles. The van der Waals surface area contributed by atoms with Gasteiger partial charge < -0.3 is 4.74 Å². The van der Waals surface area contributed by atoms with Crippen LogP contribution in [-0.4, -0.2) is 40.8 Å². The predicted molar refractivity (Wildman–Crippen MR) is 141 cm³/mol. The molecule has 0 aliphatic carbocycles. The average molecular weight is 532 g/mol. The van der Waals surface area contributed by atoms with E-state index in [9.17, 15) is 19.2 Å². The normalized spacial score (nSPS) is 16.4. The number of benzene rings is 3. The van der Waals surface area contributed by atoms with Gasteiger partial charge in [0, 0.05) is 10.6 Å². The molecule has 2 heterocycles. The van der Waals surface area contributed by atoms with Crippen molar-refractivity contribution in [2.75, 3.05) is 12.0 Å². The van der Waals surface area contributed by atoms with E-state index in [0.717, 1.165) is 4.90 Å². The smallest absolute Gasteiger partial charge is 0.270 e. The molecule has 0 spiro atoms. The Bertz CT molecular complexity index is 1520. The lowest BCUT2D eigenvalue weighted by Crippen LogP contribution is -2.54. The Morgan fingerprint density at radius 3 is 2.27 bits per heavy atom. The summed E-state index contributed by atoms with van der Waals surface area (Å²) < 4.78 is 5.44. The molecule has 8 nitrogen and oxygen atoms in total. The number of thiocarbonyl (C=S) groups is 1. The second-order valence-electron chi connectivity index (χ2n) is 8.25. The van der Waals surface area contributed by atoms with Crippen molar-refractivity contribution in [3.63, 3.8) is 0 Å². The minimum Gasteiger partial charge on any atom is -0.496 e. The largest absolute Gasteiger partial charge is 0.496 e. The van der Waals surface area contributed by atoms with Crippen molar-refractivity contribution < 1.29 is 23.9 Å². The maximum absolute atomic E-state index is 13.3. The Morgan fingerprint density at radius 1 is 0.919 bits per heavy atom. The Hall–Kier alpha value is -4.34. The summed E-state index contributed by atoms with van der Waals surface area (Å²) >= 11 is 11.3. The summed E-state index contributed by atoms with van der Waals surface area (Å²) in [5.74, 6) is -1.63. The van der Waals surface area contributed by atoms with Crippen molar-refractivity contribution >= 4 is 64.3 Å². The zero-order valence-corrected chi connectivity index (χ0v) is 20.9. The van der Waals surface area contributed by atoms with Crippen LogP contribution in [-0.2, 0) is 16.1 Å². The number of nitrogens with zero attached hydrogens (tertiary/aromatic N) is 2. The van der Waals surface area contributed by atoms with E-state index in [4.69, 9.17) is 28.6 Å². The van der Waals surface area contributed by atoms with Crippen molar-refractivity contribution in [2.45, 2.75) is 6.54 Å². The number of fused-ring (bicyclic) bond motifs is 1. The third kappa shape index (κ3) is 4.39. The quantitative estimate of drug-likeness (QED) is 0.232. The summed E-state index contributed by atoms with van der Waals surface area (Å²) in [6.45, 7) is -0.0502. The number of hydrogen-bond acceptors (Lipinski definition) is 6. The number of methoxy groups -OCH3 is 1. The molecule has 0 radical (unpaired) electrons. The van der Waals surface area contributed by atoms with E-state index in [1.165, 1.54) is 18.1 Å². The van der Waals surface area contributed by atoms with Gasteiger partial charge in [-0.2, -0.15) is 0 Å². The summed E-state index contributed by atoms with van der Waals surface area (Å²) in [7, 11) is 1.47. The topological polar surface area (TPSA) is 96.0 Å². The first kappa shape index (κ1) is 24.4. The molecule has 1 N–H and O–H groups in total. The van der Waals surface area contributed by atoms with Gasteiger partial charge in [0.25, 0.3) is 23.6 Å². The van der Waals surface area contributed by atoms with Gasteiger partial charge in [-0.05, 0) is 66.3 Å². The highest BCUT2D eigenvalue weighted by Crippen LogP contribution is 2.29. The molecule has 2 aliphatic heterocycles. The number of carbonyl (C=O) groups excluding carboxylic acids is 4. The van der Waals surface area contributed by atoms with Crippen LogP contribution in [0.5, 0.6) is 5.75 Å². The summed E-state index contributed by atoms with van der Waals surface area (Å²) in [6.07, 6.45) is 1.42. The fraction of sp³-hybridized carbons (Fsp3) is 0.0741. The number of ether oxygens (including phenoxy) is 1. The van der Waals surface area contributed by atoms with E-state index in [-0.39, 0.29) is 17.2 Å². The highest BCUT2D eigenvalue weighted by Gasteiger charge is 2.36. The number of imide groups is 1. The number of anilines is 1. The van der Waals surface area contributed by atoms with Crippen LogP contribution >= 0.6 is 23.8 Å². The fourth-order valence-corrected chi connectivity index (χ4v) is 4.70. The zero-order chi connectivity index (χ0) is 26.3. The van der Waals surface area contributed by atoms with Gasteiger partial charge in [-0.3, -0.25) is 34.3 Å². The van der Waals surface area contributed by atoms with Crippen molar-refractivity contribution in [2.24, 2.45) is 0 Å². The second-order valence-corrected chi connectivity index (χ2v) is 9.07. The van der Waals surface area contributed by atoms with Crippen molar-refractivity contribution in [1.82, 2.24) is 10.2 Å². The lowest BCUT2D eigenvalue weighted by molar-refractivity contribution is -0.122. The number of hydrogen-bond donors (Lipinski definition) is 1. The summed E-state index contributed by atoms with van der Waals surface area (Å²) in [6, 6.07) is 18.1. The molecule has 2 aliphatic rings. The molecule has 37 heavy (non-hydrogen) atoms. The third-order valence-corrected chi connectivity index (χ3v) is 6.51. The molecule has 1 saturated heterocycles. The average Bonchev–Trinajstić information content (AvgIpc) is 3.11. The summed E-state index contributed by atoms with van der Waals surface area (Å²) in [5, 5.41) is 2.88. The van der Waals surface area contributed by atoms with E-state index in [2.05, 4.69) is 5.32 Å². The first-order valence-corrected chi connectivity index (χ1v) is 11.9. The minimum atomic E-state index is -0.647. The highest BCUT2D eigenvalue weighted by atomic mass is 35.5. The van der Waals surface area contributed by atoms with E-state index >= 15 is 0 Å². The van der Waals surface area contributed by atoms with Gasteiger partial charge >= 0.3 is 0 Å². The van der Waals surface area contributed by atoms with Crippen LogP contribution in [0.3, 0.4) is 0 Å². The van der Waals surface area contributed by atoms with Crippen LogP contribution in [0.1, 0.15) is 31.8 Å². The molecule has 0 atom stereocenters.